The molecule has 0 radical (unpaired) electrons. The molecule has 0 bridgehead atoms. The highest BCUT2D eigenvalue weighted by Gasteiger charge is 2.20. The molecule has 1 aliphatic rings. The lowest BCUT2D eigenvalue weighted by molar-refractivity contribution is 0.377. The monoisotopic (exact) mass is 248 g/mol. The third-order valence-electron chi connectivity index (χ3n) is 3.69. The highest BCUT2D eigenvalue weighted by atomic mass is 15.2. The summed E-state index contributed by atoms with van der Waals surface area (Å²) in [6.07, 6.45) is 3.86. The molecule has 18 heavy (non-hydrogen) atoms. The van der Waals surface area contributed by atoms with Crippen molar-refractivity contribution in [3.8, 4) is 0 Å². The van der Waals surface area contributed by atoms with Crippen LogP contribution in [0.15, 0.2) is 6.07 Å². The van der Waals surface area contributed by atoms with E-state index in [1.54, 1.807) is 0 Å². The summed E-state index contributed by atoms with van der Waals surface area (Å²) in [4.78, 5) is 11.3. The van der Waals surface area contributed by atoms with Crippen LogP contribution in [0.2, 0.25) is 0 Å². The van der Waals surface area contributed by atoms with E-state index in [0.717, 1.165) is 42.9 Å². The van der Waals surface area contributed by atoms with Crippen molar-refractivity contribution < 1.29 is 0 Å². The van der Waals surface area contributed by atoms with E-state index < -0.39 is 0 Å². The van der Waals surface area contributed by atoms with Gasteiger partial charge in [0.25, 0.3) is 0 Å². The molecule has 1 saturated heterocycles. The number of hydrogen-bond acceptors (Lipinski definition) is 4. The fourth-order valence-electron chi connectivity index (χ4n) is 2.66. The Bertz CT molecular complexity index is 363. The number of aryl methyl sites for hydroxylation is 2. The van der Waals surface area contributed by atoms with Crippen molar-refractivity contribution in [1.82, 2.24) is 15.3 Å². The third-order valence-corrected chi connectivity index (χ3v) is 3.69. The Kier molecular flexibility index (Phi) is 4.53. The SMILES string of the molecule is CNCCC1CCN(c2cc(C)nc(C)n2)CC1. The van der Waals surface area contributed by atoms with Gasteiger partial charge in [-0.3, -0.25) is 0 Å². The van der Waals surface area contributed by atoms with E-state index in [0.29, 0.717) is 0 Å². The first-order valence-electron chi connectivity index (χ1n) is 6.91. The molecule has 4 nitrogen and oxygen atoms in total. The fraction of sp³-hybridized carbons (Fsp3) is 0.714. The molecule has 4 heteroatoms. The molecular formula is C14H24N4. The molecule has 0 atom stereocenters. The normalized spacial score (nSPS) is 17.2. The summed E-state index contributed by atoms with van der Waals surface area (Å²) in [5.41, 5.74) is 1.06. The Morgan fingerprint density at radius 3 is 2.61 bits per heavy atom. The van der Waals surface area contributed by atoms with Crippen molar-refractivity contribution in [2.45, 2.75) is 33.1 Å². The van der Waals surface area contributed by atoms with E-state index >= 15 is 0 Å². The summed E-state index contributed by atoms with van der Waals surface area (Å²) in [7, 11) is 2.03. The Hall–Kier alpha value is -1.16. The second-order valence-electron chi connectivity index (χ2n) is 5.24. The van der Waals surface area contributed by atoms with Gasteiger partial charge in [-0.1, -0.05) is 0 Å². The van der Waals surface area contributed by atoms with Crippen LogP contribution in [0.25, 0.3) is 0 Å². The van der Waals surface area contributed by atoms with Crippen LogP contribution in [-0.2, 0) is 0 Å². The number of nitrogens with one attached hydrogen (secondary N) is 1. The van der Waals surface area contributed by atoms with Crippen molar-refractivity contribution in [2.75, 3.05) is 31.6 Å². The molecule has 1 aliphatic heterocycles. The van der Waals surface area contributed by atoms with Gasteiger partial charge in [0, 0.05) is 24.8 Å². The standard InChI is InChI=1S/C14H24N4/c1-11-10-14(17-12(2)16-11)18-8-5-13(6-9-18)4-7-15-3/h10,13,15H,4-9H2,1-3H3. The highest BCUT2D eigenvalue weighted by molar-refractivity contribution is 5.40. The van der Waals surface area contributed by atoms with Crippen LogP contribution >= 0.6 is 0 Å². The summed E-state index contributed by atoms with van der Waals surface area (Å²) in [5.74, 6) is 2.85. The van der Waals surface area contributed by atoms with Gasteiger partial charge in [0.05, 0.1) is 0 Å². The number of rotatable bonds is 4. The third kappa shape index (κ3) is 3.42. The molecule has 1 aromatic heterocycles. The van der Waals surface area contributed by atoms with E-state index in [1.165, 1.54) is 19.3 Å². The molecule has 0 unspecified atom stereocenters. The molecule has 0 amide bonds. The zero-order valence-electron chi connectivity index (χ0n) is 11.7. The van der Waals surface area contributed by atoms with Gasteiger partial charge in [-0.15, -0.1) is 0 Å². The maximum Gasteiger partial charge on any atom is 0.132 e. The molecule has 1 fully saturated rings. The molecule has 1 N–H and O–H groups in total. The van der Waals surface area contributed by atoms with Gasteiger partial charge in [-0.25, -0.2) is 9.97 Å². The van der Waals surface area contributed by atoms with Crippen LogP contribution in [0, 0.1) is 19.8 Å². The zero-order chi connectivity index (χ0) is 13.0. The highest BCUT2D eigenvalue weighted by Crippen LogP contribution is 2.24. The van der Waals surface area contributed by atoms with Crippen LogP contribution in [-0.4, -0.2) is 36.6 Å². The van der Waals surface area contributed by atoms with E-state index in [9.17, 15) is 0 Å². The van der Waals surface area contributed by atoms with E-state index in [4.69, 9.17) is 0 Å². The molecule has 0 spiro atoms. The van der Waals surface area contributed by atoms with Crippen LogP contribution in [0.3, 0.4) is 0 Å². The molecule has 100 valence electrons. The van der Waals surface area contributed by atoms with E-state index in [2.05, 4.69) is 26.3 Å². The van der Waals surface area contributed by atoms with Crippen LogP contribution in [0.1, 0.15) is 30.8 Å². The van der Waals surface area contributed by atoms with Crippen LogP contribution in [0.4, 0.5) is 5.82 Å². The maximum absolute atomic E-state index is 4.55. The van der Waals surface area contributed by atoms with Crippen molar-refractivity contribution in [2.24, 2.45) is 5.92 Å². The summed E-state index contributed by atoms with van der Waals surface area (Å²) in [5, 5.41) is 3.24. The van der Waals surface area contributed by atoms with E-state index in [-0.39, 0.29) is 0 Å². The Morgan fingerprint density at radius 2 is 2.00 bits per heavy atom. The van der Waals surface area contributed by atoms with Crippen LogP contribution in [0.5, 0.6) is 0 Å². The van der Waals surface area contributed by atoms with Crippen molar-refractivity contribution in [1.29, 1.82) is 0 Å². The predicted octanol–water partition coefficient (Wildman–Crippen LogP) is 1.92. The van der Waals surface area contributed by atoms with Crippen LogP contribution < -0.4 is 10.2 Å². The Morgan fingerprint density at radius 1 is 1.28 bits per heavy atom. The lowest BCUT2D eigenvalue weighted by Gasteiger charge is -2.33. The van der Waals surface area contributed by atoms with Gasteiger partial charge >= 0.3 is 0 Å². The van der Waals surface area contributed by atoms with Gasteiger partial charge < -0.3 is 10.2 Å². The molecule has 0 saturated carbocycles. The number of hydrogen-bond donors (Lipinski definition) is 1. The fourth-order valence-corrected chi connectivity index (χ4v) is 2.66. The lowest BCUT2D eigenvalue weighted by atomic mass is 9.93. The minimum Gasteiger partial charge on any atom is -0.356 e. The van der Waals surface area contributed by atoms with Crippen molar-refractivity contribution in [3.05, 3.63) is 17.6 Å². The smallest absolute Gasteiger partial charge is 0.132 e. The molecule has 1 aromatic rings. The van der Waals surface area contributed by atoms with Gasteiger partial charge in [-0.2, -0.15) is 0 Å². The first kappa shape index (κ1) is 13.3. The number of piperidine rings is 1. The number of aromatic nitrogens is 2. The lowest BCUT2D eigenvalue weighted by Crippen LogP contribution is -2.35. The largest absolute Gasteiger partial charge is 0.356 e. The minimum atomic E-state index is 0.873. The summed E-state index contributed by atoms with van der Waals surface area (Å²) in [6.45, 7) is 7.40. The predicted molar refractivity (Wildman–Crippen MR) is 75.0 cm³/mol. The average Bonchev–Trinajstić information content (AvgIpc) is 2.36. The molecule has 2 heterocycles. The second-order valence-corrected chi connectivity index (χ2v) is 5.24. The van der Waals surface area contributed by atoms with Crippen molar-refractivity contribution in [3.63, 3.8) is 0 Å². The van der Waals surface area contributed by atoms with Gasteiger partial charge in [-0.05, 0) is 52.6 Å². The quantitative estimate of drug-likeness (QED) is 0.884. The number of anilines is 1. The first-order chi connectivity index (χ1) is 8.69. The topological polar surface area (TPSA) is 41.0 Å². The minimum absolute atomic E-state index is 0.873. The maximum atomic E-state index is 4.55. The van der Waals surface area contributed by atoms with E-state index in [1.807, 2.05) is 20.9 Å². The number of nitrogens with zero attached hydrogens (tertiary/aromatic N) is 3. The Balaban J connectivity index is 1.92. The Labute approximate surface area is 110 Å². The second kappa shape index (κ2) is 6.14. The summed E-state index contributed by atoms with van der Waals surface area (Å²) >= 11 is 0. The average molecular weight is 248 g/mol. The van der Waals surface area contributed by atoms with Crippen molar-refractivity contribution >= 4 is 5.82 Å². The first-order valence-corrected chi connectivity index (χ1v) is 6.91. The zero-order valence-corrected chi connectivity index (χ0v) is 11.7. The summed E-state index contributed by atoms with van der Waals surface area (Å²) < 4.78 is 0. The molecule has 0 aromatic carbocycles. The van der Waals surface area contributed by atoms with Gasteiger partial charge in [0.15, 0.2) is 0 Å². The molecule has 0 aliphatic carbocycles. The van der Waals surface area contributed by atoms with Gasteiger partial charge in [0.2, 0.25) is 0 Å². The van der Waals surface area contributed by atoms with Gasteiger partial charge in [0.1, 0.15) is 11.6 Å². The summed E-state index contributed by atoms with van der Waals surface area (Å²) in [6, 6.07) is 2.10. The molecular weight excluding hydrogens is 224 g/mol. The molecule has 2 rings (SSSR count).